The molecule has 1 aromatic carbocycles. The van der Waals surface area contributed by atoms with Gasteiger partial charge in [0.25, 0.3) is 0 Å². The van der Waals surface area contributed by atoms with Gasteiger partial charge in [-0.2, -0.15) is 0 Å². The van der Waals surface area contributed by atoms with E-state index in [4.69, 9.17) is 5.73 Å². The third-order valence-electron chi connectivity index (χ3n) is 3.74. The molecule has 1 amide bonds. The van der Waals surface area contributed by atoms with Gasteiger partial charge in [-0.15, -0.1) is 0 Å². The van der Waals surface area contributed by atoms with Crippen LogP contribution in [0.15, 0.2) is 27.6 Å². The van der Waals surface area contributed by atoms with Gasteiger partial charge in [-0.3, -0.25) is 4.79 Å². The average Bonchev–Trinajstić information content (AvgIpc) is 2.46. The molecule has 0 aliphatic carbocycles. The van der Waals surface area contributed by atoms with Gasteiger partial charge in [0.05, 0.1) is 4.90 Å². The number of rotatable bonds is 3. The number of hydrogen-bond acceptors (Lipinski definition) is 4. The van der Waals surface area contributed by atoms with Crippen LogP contribution in [-0.2, 0) is 14.6 Å². The Morgan fingerprint density at radius 2 is 1.90 bits per heavy atom. The number of hydrogen-bond donors (Lipinski definition) is 1. The van der Waals surface area contributed by atoms with E-state index in [1.807, 2.05) is 0 Å². The second-order valence-corrected chi connectivity index (χ2v) is 8.35. The first-order valence-corrected chi connectivity index (χ1v) is 9.25. The lowest BCUT2D eigenvalue weighted by atomic mass is 10.1. The molecule has 0 spiro atoms. The summed E-state index contributed by atoms with van der Waals surface area (Å²) in [5.74, 6) is -0.321. The standard InChI is InChI=1S/C14H19BrN2O3S/c1-10(14(18)17-7-3-2-4-8-17)21(19,20)13-6-5-11(16)9-12(13)15/h5-6,9-10H,2-4,7-8,16H2,1H3. The molecular weight excluding hydrogens is 356 g/mol. The molecule has 2 rings (SSSR count). The quantitative estimate of drug-likeness (QED) is 0.822. The Kier molecular flexibility index (Phi) is 4.93. The molecule has 1 atom stereocenters. The van der Waals surface area contributed by atoms with Crippen LogP contribution in [0.3, 0.4) is 0 Å². The van der Waals surface area contributed by atoms with E-state index < -0.39 is 15.1 Å². The molecule has 7 heteroatoms. The third-order valence-corrected chi connectivity index (χ3v) is 6.76. The number of amides is 1. The van der Waals surface area contributed by atoms with E-state index in [9.17, 15) is 13.2 Å². The number of carbonyl (C=O) groups is 1. The zero-order valence-electron chi connectivity index (χ0n) is 11.9. The van der Waals surface area contributed by atoms with Crippen molar-refractivity contribution in [2.75, 3.05) is 18.8 Å². The van der Waals surface area contributed by atoms with Crippen LogP contribution < -0.4 is 5.73 Å². The monoisotopic (exact) mass is 374 g/mol. The average molecular weight is 375 g/mol. The molecule has 2 N–H and O–H groups in total. The SMILES string of the molecule is CC(C(=O)N1CCCCC1)S(=O)(=O)c1ccc(N)cc1Br. The van der Waals surface area contributed by atoms with Crippen molar-refractivity contribution >= 4 is 37.4 Å². The second kappa shape index (κ2) is 6.36. The number of piperidine rings is 1. The molecule has 5 nitrogen and oxygen atoms in total. The van der Waals surface area contributed by atoms with Crippen molar-refractivity contribution in [1.29, 1.82) is 0 Å². The number of likely N-dealkylation sites (tertiary alicyclic amines) is 1. The molecule has 0 aromatic heterocycles. The van der Waals surface area contributed by atoms with E-state index >= 15 is 0 Å². The molecule has 0 radical (unpaired) electrons. The van der Waals surface area contributed by atoms with Crippen LogP contribution >= 0.6 is 15.9 Å². The molecule has 1 fully saturated rings. The van der Waals surface area contributed by atoms with E-state index in [-0.39, 0.29) is 10.8 Å². The molecule has 116 valence electrons. The predicted octanol–water partition coefficient (Wildman–Crippen LogP) is 2.21. The zero-order valence-corrected chi connectivity index (χ0v) is 14.3. The Balaban J connectivity index is 2.27. The van der Waals surface area contributed by atoms with Crippen molar-refractivity contribution in [2.45, 2.75) is 36.3 Å². The molecule has 1 saturated heterocycles. The van der Waals surface area contributed by atoms with Gasteiger partial charge in [-0.1, -0.05) is 0 Å². The van der Waals surface area contributed by atoms with Gasteiger partial charge in [0.1, 0.15) is 5.25 Å². The fraction of sp³-hybridized carbons (Fsp3) is 0.500. The minimum atomic E-state index is -3.73. The van der Waals surface area contributed by atoms with Gasteiger partial charge in [0.2, 0.25) is 5.91 Å². The van der Waals surface area contributed by atoms with E-state index in [0.29, 0.717) is 23.2 Å². The summed E-state index contributed by atoms with van der Waals surface area (Å²) < 4.78 is 25.6. The molecule has 0 saturated carbocycles. The Labute approximate surface area is 133 Å². The van der Waals surface area contributed by atoms with Crippen LogP contribution in [0.1, 0.15) is 26.2 Å². The number of nitrogens with two attached hydrogens (primary N) is 1. The second-order valence-electron chi connectivity index (χ2n) is 5.26. The molecule has 21 heavy (non-hydrogen) atoms. The van der Waals surface area contributed by atoms with Crippen molar-refractivity contribution < 1.29 is 13.2 Å². The van der Waals surface area contributed by atoms with Gasteiger partial charge in [0.15, 0.2) is 9.84 Å². The molecule has 1 unspecified atom stereocenters. The van der Waals surface area contributed by atoms with Gasteiger partial charge >= 0.3 is 0 Å². The minimum Gasteiger partial charge on any atom is -0.399 e. The van der Waals surface area contributed by atoms with Crippen LogP contribution in [0, 0.1) is 0 Å². The largest absolute Gasteiger partial charge is 0.399 e. The summed E-state index contributed by atoms with van der Waals surface area (Å²) >= 11 is 3.21. The van der Waals surface area contributed by atoms with E-state index in [1.54, 1.807) is 4.90 Å². The molecule has 0 bridgehead atoms. The maximum absolute atomic E-state index is 12.6. The van der Waals surface area contributed by atoms with Gasteiger partial charge in [0, 0.05) is 23.2 Å². The minimum absolute atomic E-state index is 0.106. The van der Waals surface area contributed by atoms with Crippen molar-refractivity contribution in [3.8, 4) is 0 Å². The smallest absolute Gasteiger partial charge is 0.241 e. The van der Waals surface area contributed by atoms with Crippen LogP contribution in [0.2, 0.25) is 0 Å². The fourth-order valence-corrected chi connectivity index (χ4v) is 4.90. The van der Waals surface area contributed by atoms with Crippen LogP contribution in [-0.4, -0.2) is 37.6 Å². The molecule has 1 heterocycles. The first-order chi connectivity index (χ1) is 9.84. The van der Waals surface area contributed by atoms with E-state index in [1.165, 1.54) is 25.1 Å². The topological polar surface area (TPSA) is 80.5 Å². The third kappa shape index (κ3) is 3.40. The Bertz CT molecular complexity index is 640. The van der Waals surface area contributed by atoms with Gasteiger partial charge in [-0.05, 0) is 60.3 Å². The number of benzene rings is 1. The summed E-state index contributed by atoms with van der Waals surface area (Å²) in [6, 6.07) is 4.50. The summed E-state index contributed by atoms with van der Waals surface area (Å²) in [5, 5.41) is -1.09. The van der Waals surface area contributed by atoms with E-state index in [2.05, 4.69) is 15.9 Å². The Morgan fingerprint density at radius 3 is 2.48 bits per heavy atom. The van der Waals surface area contributed by atoms with Crippen molar-refractivity contribution in [3.05, 3.63) is 22.7 Å². The highest BCUT2D eigenvalue weighted by molar-refractivity contribution is 9.10. The lowest BCUT2D eigenvalue weighted by molar-refractivity contribution is -0.131. The first kappa shape index (κ1) is 16.3. The molecular formula is C14H19BrN2O3S. The van der Waals surface area contributed by atoms with Crippen LogP contribution in [0.5, 0.6) is 0 Å². The van der Waals surface area contributed by atoms with Gasteiger partial charge < -0.3 is 10.6 Å². The molecule has 1 aliphatic rings. The van der Waals surface area contributed by atoms with Gasteiger partial charge in [-0.25, -0.2) is 8.42 Å². The highest BCUT2D eigenvalue weighted by Gasteiger charge is 2.34. The zero-order chi connectivity index (χ0) is 15.6. The van der Waals surface area contributed by atoms with Crippen molar-refractivity contribution in [3.63, 3.8) is 0 Å². The number of nitrogens with zero attached hydrogens (tertiary/aromatic N) is 1. The van der Waals surface area contributed by atoms with Crippen LogP contribution in [0.4, 0.5) is 5.69 Å². The predicted molar refractivity (Wildman–Crippen MR) is 85.6 cm³/mol. The Morgan fingerprint density at radius 1 is 1.29 bits per heavy atom. The highest BCUT2D eigenvalue weighted by Crippen LogP contribution is 2.28. The lowest BCUT2D eigenvalue weighted by Gasteiger charge is -2.29. The lowest BCUT2D eigenvalue weighted by Crippen LogP contribution is -2.44. The molecule has 1 aliphatic heterocycles. The normalized spacial score (nSPS) is 17.5. The highest BCUT2D eigenvalue weighted by atomic mass is 79.9. The number of carbonyl (C=O) groups excluding carboxylic acids is 1. The van der Waals surface area contributed by atoms with Crippen molar-refractivity contribution in [1.82, 2.24) is 4.90 Å². The van der Waals surface area contributed by atoms with E-state index in [0.717, 1.165) is 19.3 Å². The fourth-order valence-electron chi connectivity index (χ4n) is 2.44. The maximum atomic E-state index is 12.6. The summed E-state index contributed by atoms with van der Waals surface area (Å²) in [7, 11) is -3.73. The number of halogens is 1. The number of nitrogen functional groups attached to an aromatic ring is 1. The maximum Gasteiger partial charge on any atom is 0.241 e. The Hall–Kier alpha value is -1.08. The summed E-state index contributed by atoms with van der Waals surface area (Å²) in [5.41, 5.74) is 6.09. The molecule has 1 aromatic rings. The summed E-state index contributed by atoms with van der Waals surface area (Å²) in [6.45, 7) is 2.73. The van der Waals surface area contributed by atoms with Crippen molar-refractivity contribution in [2.24, 2.45) is 0 Å². The van der Waals surface area contributed by atoms with Crippen LogP contribution in [0.25, 0.3) is 0 Å². The summed E-state index contributed by atoms with van der Waals surface area (Å²) in [4.78, 5) is 14.2. The number of sulfone groups is 1. The summed E-state index contributed by atoms with van der Waals surface area (Å²) in [6.07, 6.45) is 2.96. The number of anilines is 1. The first-order valence-electron chi connectivity index (χ1n) is 6.92.